The standard InChI is InChI=1S/C17H26N4O3.2ClH/c1-18-7-6-16(22)19-14-12-13(4-5-15(14)24-3)17(23)21-10-8-20(2)9-11-21;;/h4-5,12,18H,6-11H2,1-3H3,(H,19,22);2*1H. The van der Waals surface area contributed by atoms with Crippen LogP contribution in [-0.2, 0) is 4.79 Å². The number of carbonyl (C=O) groups excluding carboxylic acids is 2. The highest BCUT2D eigenvalue weighted by molar-refractivity contribution is 5.98. The second-order valence-electron chi connectivity index (χ2n) is 5.91. The van der Waals surface area contributed by atoms with Crippen LogP contribution in [0.3, 0.4) is 0 Å². The summed E-state index contributed by atoms with van der Waals surface area (Å²) < 4.78 is 5.28. The van der Waals surface area contributed by atoms with Crippen LogP contribution in [0.25, 0.3) is 0 Å². The van der Waals surface area contributed by atoms with Crippen molar-refractivity contribution in [2.24, 2.45) is 0 Å². The molecule has 2 N–H and O–H groups in total. The molecule has 0 radical (unpaired) electrons. The van der Waals surface area contributed by atoms with E-state index in [1.165, 1.54) is 0 Å². The molecule has 9 heteroatoms. The summed E-state index contributed by atoms with van der Waals surface area (Å²) in [6.45, 7) is 3.76. The number of nitrogens with one attached hydrogen (secondary N) is 2. The Hall–Kier alpha value is -1.54. The minimum Gasteiger partial charge on any atom is -0.495 e. The highest BCUT2D eigenvalue weighted by atomic mass is 35.5. The maximum absolute atomic E-state index is 12.7. The number of amides is 2. The molecule has 148 valence electrons. The van der Waals surface area contributed by atoms with Crippen LogP contribution in [0.5, 0.6) is 5.75 Å². The molecule has 1 aromatic carbocycles. The highest BCUT2D eigenvalue weighted by Gasteiger charge is 2.21. The fourth-order valence-electron chi connectivity index (χ4n) is 2.58. The minimum atomic E-state index is -0.119. The van der Waals surface area contributed by atoms with E-state index in [0.717, 1.165) is 13.1 Å². The predicted molar refractivity (Wildman–Crippen MR) is 108 cm³/mol. The van der Waals surface area contributed by atoms with E-state index in [0.29, 0.717) is 43.1 Å². The van der Waals surface area contributed by atoms with E-state index in [1.54, 1.807) is 32.4 Å². The van der Waals surface area contributed by atoms with Gasteiger partial charge in [-0.3, -0.25) is 9.59 Å². The van der Waals surface area contributed by atoms with Crippen molar-refractivity contribution in [3.8, 4) is 5.75 Å². The van der Waals surface area contributed by atoms with Gasteiger partial charge in [0.2, 0.25) is 5.91 Å². The number of ether oxygens (including phenoxy) is 1. The molecular formula is C17H28Cl2N4O3. The molecule has 2 rings (SSSR count). The number of benzene rings is 1. The average Bonchev–Trinajstić information content (AvgIpc) is 2.60. The Balaban J connectivity index is 0.00000312. The molecule has 0 unspecified atom stereocenters. The fraction of sp³-hybridized carbons (Fsp3) is 0.529. The van der Waals surface area contributed by atoms with Crippen LogP contribution < -0.4 is 15.4 Å². The second-order valence-corrected chi connectivity index (χ2v) is 5.91. The van der Waals surface area contributed by atoms with Crippen molar-refractivity contribution in [2.75, 3.05) is 59.2 Å². The lowest BCUT2D eigenvalue weighted by Gasteiger charge is -2.32. The van der Waals surface area contributed by atoms with Crippen molar-refractivity contribution in [3.63, 3.8) is 0 Å². The molecule has 1 saturated heterocycles. The van der Waals surface area contributed by atoms with Crippen molar-refractivity contribution in [2.45, 2.75) is 6.42 Å². The Kier molecular flexibility index (Phi) is 11.2. The van der Waals surface area contributed by atoms with Crippen molar-refractivity contribution in [1.82, 2.24) is 15.1 Å². The van der Waals surface area contributed by atoms with Gasteiger partial charge in [-0.15, -0.1) is 24.8 Å². The van der Waals surface area contributed by atoms with Gasteiger partial charge in [-0.1, -0.05) is 0 Å². The first-order chi connectivity index (χ1) is 11.5. The summed E-state index contributed by atoms with van der Waals surface area (Å²) in [5.41, 5.74) is 1.09. The number of nitrogens with zero attached hydrogens (tertiary/aromatic N) is 2. The van der Waals surface area contributed by atoms with E-state index in [1.807, 2.05) is 11.9 Å². The van der Waals surface area contributed by atoms with Gasteiger partial charge >= 0.3 is 0 Å². The van der Waals surface area contributed by atoms with Crippen molar-refractivity contribution >= 4 is 42.3 Å². The van der Waals surface area contributed by atoms with E-state index < -0.39 is 0 Å². The Bertz CT molecular complexity index is 593. The number of piperazine rings is 1. The number of anilines is 1. The number of halogens is 2. The number of rotatable bonds is 6. The molecule has 2 amide bonds. The molecule has 0 spiro atoms. The molecule has 0 aromatic heterocycles. The normalized spacial score (nSPS) is 14.0. The molecule has 0 saturated carbocycles. The first-order valence-corrected chi connectivity index (χ1v) is 8.15. The van der Waals surface area contributed by atoms with Gasteiger partial charge in [0.1, 0.15) is 5.75 Å². The first kappa shape index (κ1) is 24.5. The van der Waals surface area contributed by atoms with Gasteiger partial charge < -0.3 is 25.2 Å². The number of hydrogen-bond donors (Lipinski definition) is 2. The van der Waals surface area contributed by atoms with Crippen LogP contribution in [0.4, 0.5) is 5.69 Å². The summed E-state index contributed by atoms with van der Waals surface area (Å²) in [4.78, 5) is 28.7. The summed E-state index contributed by atoms with van der Waals surface area (Å²) in [7, 11) is 5.39. The number of methoxy groups -OCH3 is 1. The van der Waals surface area contributed by atoms with E-state index >= 15 is 0 Å². The Morgan fingerprint density at radius 3 is 2.38 bits per heavy atom. The zero-order chi connectivity index (χ0) is 17.5. The Morgan fingerprint density at radius 2 is 1.81 bits per heavy atom. The minimum absolute atomic E-state index is 0. The zero-order valence-corrected chi connectivity index (χ0v) is 17.0. The molecule has 1 aromatic rings. The quantitative estimate of drug-likeness (QED) is 0.748. The average molecular weight is 407 g/mol. The molecule has 1 heterocycles. The summed E-state index contributed by atoms with van der Waals surface area (Å²) in [6.07, 6.45) is 0.357. The van der Waals surface area contributed by atoms with Crippen LogP contribution >= 0.6 is 24.8 Å². The zero-order valence-electron chi connectivity index (χ0n) is 15.4. The van der Waals surface area contributed by atoms with Crippen molar-refractivity contribution in [1.29, 1.82) is 0 Å². The second kappa shape index (κ2) is 12.0. The van der Waals surface area contributed by atoms with E-state index in [9.17, 15) is 9.59 Å². The maximum atomic E-state index is 12.7. The third-order valence-corrected chi connectivity index (χ3v) is 4.11. The van der Waals surface area contributed by atoms with Crippen LogP contribution in [0, 0.1) is 0 Å². The first-order valence-electron chi connectivity index (χ1n) is 8.15. The molecule has 26 heavy (non-hydrogen) atoms. The lowest BCUT2D eigenvalue weighted by Crippen LogP contribution is -2.47. The summed E-state index contributed by atoms with van der Waals surface area (Å²) >= 11 is 0. The monoisotopic (exact) mass is 406 g/mol. The Labute approximate surface area is 167 Å². The molecule has 0 bridgehead atoms. The van der Waals surface area contributed by atoms with Crippen LogP contribution in [0.15, 0.2) is 18.2 Å². The molecule has 1 aliphatic heterocycles. The molecular weight excluding hydrogens is 379 g/mol. The maximum Gasteiger partial charge on any atom is 0.254 e. The van der Waals surface area contributed by atoms with E-state index in [2.05, 4.69) is 15.5 Å². The van der Waals surface area contributed by atoms with Crippen molar-refractivity contribution < 1.29 is 14.3 Å². The van der Waals surface area contributed by atoms with Gasteiger partial charge in [-0.25, -0.2) is 0 Å². The topological polar surface area (TPSA) is 73.9 Å². The van der Waals surface area contributed by atoms with E-state index in [-0.39, 0.29) is 36.6 Å². The number of likely N-dealkylation sites (N-methyl/N-ethyl adjacent to an activating group) is 1. The van der Waals surface area contributed by atoms with Gasteiger partial charge in [0.25, 0.3) is 5.91 Å². The van der Waals surface area contributed by atoms with Gasteiger partial charge in [-0.2, -0.15) is 0 Å². The number of hydrogen-bond acceptors (Lipinski definition) is 5. The van der Waals surface area contributed by atoms with Crippen LogP contribution in [0.2, 0.25) is 0 Å². The lowest BCUT2D eigenvalue weighted by molar-refractivity contribution is -0.116. The van der Waals surface area contributed by atoms with Gasteiger partial charge in [0.05, 0.1) is 12.8 Å². The summed E-state index contributed by atoms with van der Waals surface area (Å²) in [5.74, 6) is 0.408. The molecule has 0 atom stereocenters. The highest BCUT2D eigenvalue weighted by Crippen LogP contribution is 2.26. The third kappa shape index (κ3) is 6.64. The molecule has 7 nitrogen and oxygen atoms in total. The van der Waals surface area contributed by atoms with Gasteiger partial charge in [0, 0.05) is 44.7 Å². The predicted octanol–water partition coefficient (Wildman–Crippen LogP) is 1.47. The van der Waals surface area contributed by atoms with E-state index in [4.69, 9.17) is 4.74 Å². The van der Waals surface area contributed by atoms with Crippen molar-refractivity contribution in [3.05, 3.63) is 23.8 Å². The van der Waals surface area contributed by atoms with Crippen LogP contribution in [-0.4, -0.2) is 75.5 Å². The smallest absolute Gasteiger partial charge is 0.254 e. The number of carbonyl (C=O) groups is 2. The molecule has 0 aliphatic carbocycles. The Morgan fingerprint density at radius 1 is 1.15 bits per heavy atom. The summed E-state index contributed by atoms with van der Waals surface area (Å²) in [6, 6.07) is 5.15. The SMILES string of the molecule is CNCCC(=O)Nc1cc(C(=O)N2CCN(C)CC2)ccc1OC.Cl.Cl. The van der Waals surface area contributed by atoms with Crippen LogP contribution in [0.1, 0.15) is 16.8 Å². The third-order valence-electron chi connectivity index (χ3n) is 4.11. The molecule has 1 fully saturated rings. The van der Waals surface area contributed by atoms with Gasteiger partial charge in [0.15, 0.2) is 0 Å². The van der Waals surface area contributed by atoms with Gasteiger partial charge in [-0.05, 0) is 32.3 Å². The summed E-state index contributed by atoms with van der Waals surface area (Å²) in [5, 5.41) is 5.75. The fourth-order valence-corrected chi connectivity index (χ4v) is 2.58. The lowest BCUT2D eigenvalue weighted by atomic mass is 10.1. The molecule has 1 aliphatic rings. The largest absolute Gasteiger partial charge is 0.495 e.